The molecule has 1 rings (SSSR count). The second-order valence-corrected chi connectivity index (χ2v) is 6.33. The first-order valence-corrected chi connectivity index (χ1v) is 6.65. The van der Waals surface area contributed by atoms with E-state index in [1.54, 1.807) is 7.11 Å². The Morgan fingerprint density at radius 3 is 2.37 bits per heavy atom. The summed E-state index contributed by atoms with van der Waals surface area (Å²) in [4.78, 5) is 9.05. The van der Waals surface area contributed by atoms with Crippen molar-refractivity contribution in [1.29, 1.82) is 0 Å². The smallest absolute Gasteiger partial charge is 0.160 e. The van der Waals surface area contributed by atoms with Crippen LogP contribution in [0, 0.1) is 11.3 Å². The van der Waals surface area contributed by atoms with E-state index in [0.717, 1.165) is 12.1 Å². The number of aromatic nitrogens is 2. The quantitative estimate of drug-likeness (QED) is 0.633. The summed E-state index contributed by atoms with van der Waals surface area (Å²) in [6.07, 6.45) is 0.733. The molecule has 19 heavy (non-hydrogen) atoms. The van der Waals surface area contributed by atoms with Gasteiger partial charge in [0.05, 0.1) is 0 Å². The van der Waals surface area contributed by atoms with E-state index in [0.29, 0.717) is 17.6 Å². The van der Waals surface area contributed by atoms with Crippen molar-refractivity contribution < 1.29 is 4.74 Å². The van der Waals surface area contributed by atoms with Crippen LogP contribution in [-0.2, 0) is 11.2 Å². The number of nitrogen functional groups attached to an aromatic ring is 1. The first-order valence-electron chi connectivity index (χ1n) is 6.65. The molecule has 0 amide bonds. The Labute approximate surface area is 115 Å². The third-order valence-electron chi connectivity index (χ3n) is 2.82. The fraction of sp³-hybridized carbons (Fsp3) is 0.714. The number of hydrogen-bond donors (Lipinski definition) is 2. The van der Waals surface area contributed by atoms with Gasteiger partial charge in [0.1, 0.15) is 11.9 Å². The number of nitrogens with one attached hydrogen (secondary N) is 1. The fourth-order valence-corrected chi connectivity index (χ4v) is 2.08. The number of ether oxygens (including phenoxy) is 1. The predicted octanol–water partition coefficient (Wildman–Crippen LogP) is 2.69. The highest BCUT2D eigenvalue weighted by Gasteiger charge is 2.29. The molecule has 1 aromatic heterocycles. The highest BCUT2D eigenvalue weighted by Crippen LogP contribution is 2.34. The molecule has 3 N–H and O–H groups in total. The zero-order valence-electron chi connectivity index (χ0n) is 12.8. The van der Waals surface area contributed by atoms with Crippen LogP contribution in [-0.4, -0.2) is 17.1 Å². The number of anilines is 1. The van der Waals surface area contributed by atoms with Gasteiger partial charge in [-0.15, -0.1) is 0 Å². The molecule has 0 spiro atoms. The third kappa shape index (κ3) is 4.44. The van der Waals surface area contributed by atoms with Crippen molar-refractivity contribution in [3.05, 3.63) is 17.6 Å². The van der Waals surface area contributed by atoms with E-state index in [9.17, 15) is 0 Å². The molecule has 0 saturated heterocycles. The molecule has 108 valence electrons. The molecule has 0 bridgehead atoms. The van der Waals surface area contributed by atoms with Crippen LogP contribution in [0.2, 0.25) is 0 Å². The van der Waals surface area contributed by atoms with Crippen molar-refractivity contribution in [3.63, 3.8) is 0 Å². The van der Waals surface area contributed by atoms with E-state index in [1.165, 1.54) is 0 Å². The van der Waals surface area contributed by atoms with Gasteiger partial charge in [-0.2, -0.15) is 0 Å². The lowest BCUT2D eigenvalue weighted by Gasteiger charge is -2.28. The molecule has 5 heteroatoms. The number of rotatable bonds is 5. The van der Waals surface area contributed by atoms with E-state index in [2.05, 4.69) is 50.0 Å². The molecule has 0 aliphatic rings. The van der Waals surface area contributed by atoms with Gasteiger partial charge in [-0.1, -0.05) is 34.6 Å². The summed E-state index contributed by atoms with van der Waals surface area (Å²) in [5.74, 6) is 7.33. The van der Waals surface area contributed by atoms with E-state index in [4.69, 9.17) is 10.6 Å². The van der Waals surface area contributed by atoms with Crippen molar-refractivity contribution >= 4 is 5.82 Å². The maximum absolute atomic E-state index is 5.57. The van der Waals surface area contributed by atoms with Crippen LogP contribution in [0.3, 0.4) is 0 Å². The lowest BCUT2D eigenvalue weighted by molar-refractivity contribution is 0.00859. The summed E-state index contributed by atoms with van der Waals surface area (Å²) < 4.78 is 5.57. The lowest BCUT2D eigenvalue weighted by Crippen LogP contribution is -2.24. The van der Waals surface area contributed by atoms with Crippen molar-refractivity contribution in [3.8, 4) is 0 Å². The molecule has 1 unspecified atom stereocenters. The van der Waals surface area contributed by atoms with Gasteiger partial charge in [-0.05, 0) is 17.8 Å². The summed E-state index contributed by atoms with van der Waals surface area (Å²) >= 11 is 0. The summed E-state index contributed by atoms with van der Waals surface area (Å²) in [6, 6.07) is 1.89. The van der Waals surface area contributed by atoms with Crippen LogP contribution in [0.15, 0.2) is 6.07 Å². The zero-order chi connectivity index (χ0) is 14.6. The minimum absolute atomic E-state index is 0.0723. The maximum atomic E-state index is 5.57. The van der Waals surface area contributed by atoms with Crippen LogP contribution in [0.25, 0.3) is 0 Å². The minimum atomic E-state index is -0.160. The lowest BCUT2D eigenvalue weighted by atomic mass is 9.88. The highest BCUT2D eigenvalue weighted by molar-refractivity contribution is 5.35. The third-order valence-corrected chi connectivity index (χ3v) is 2.82. The van der Waals surface area contributed by atoms with Gasteiger partial charge < -0.3 is 10.2 Å². The number of nitrogens with two attached hydrogens (primary N) is 1. The number of hydrogen-bond acceptors (Lipinski definition) is 5. The normalized spacial score (nSPS) is 13.7. The van der Waals surface area contributed by atoms with Crippen LogP contribution in [0.4, 0.5) is 5.82 Å². The Hall–Kier alpha value is -1.20. The maximum Gasteiger partial charge on any atom is 0.160 e. The Bertz CT molecular complexity index is 412. The molecule has 1 heterocycles. The summed E-state index contributed by atoms with van der Waals surface area (Å²) in [5, 5.41) is 0. The molecule has 1 atom stereocenters. The van der Waals surface area contributed by atoms with E-state index < -0.39 is 0 Å². The largest absolute Gasteiger partial charge is 0.373 e. The van der Waals surface area contributed by atoms with Gasteiger partial charge in [0.2, 0.25) is 0 Å². The van der Waals surface area contributed by atoms with Gasteiger partial charge in [-0.3, -0.25) is 0 Å². The summed E-state index contributed by atoms with van der Waals surface area (Å²) in [5.41, 5.74) is 3.52. The van der Waals surface area contributed by atoms with Crippen LogP contribution < -0.4 is 11.3 Å². The van der Waals surface area contributed by atoms with Crippen molar-refractivity contribution in [1.82, 2.24) is 9.97 Å². The average Bonchev–Trinajstić information content (AvgIpc) is 2.26. The molecular formula is C14H26N4O. The SMILES string of the molecule is COC(c1nc(CC(C)C)cc(NN)n1)C(C)(C)C. The van der Waals surface area contributed by atoms with Gasteiger partial charge in [0.25, 0.3) is 0 Å². The van der Waals surface area contributed by atoms with E-state index in [1.807, 2.05) is 6.07 Å². The highest BCUT2D eigenvalue weighted by atomic mass is 16.5. The predicted molar refractivity (Wildman–Crippen MR) is 77.6 cm³/mol. The van der Waals surface area contributed by atoms with Gasteiger partial charge in [0, 0.05) is 18.9 Å². The molecule has 5 nitrogen and oxygen atoms in total. The summed E-state index contributed by atoms with van der Waals surface area (Å²) in [7, 11) is 1.68. The Kier molecular flexibility index (Phi) is 5.26. The second-order valence-electron chi connectivity index (χ2n) is 6.33. The van der Waals surface area contributed by atoms with Gasteiger partial charge in [0.15, 0.2) is 5.82 Å². The monoisotopic (exact) mass is 266 g/mol. The van der Waals surface area contributed by atoms with Crippen LogP contribution >= 0.6 is 0 Å². The zero-order valence-corrected chi connectivity index (χ0v) is 12.8. The topological polar surface area (TPSA) is 73.1 Å². The van der Waals surface area contributed by atoms with Gasteiger partial charge in [-0.25, -0.2) is 15.8 Å². The van der Waals surface area contributed by atoms with E-state index >= 15 is 0 Å². The Balaban J connectivity index is 3.18. The molecule has 0 aliphatic carbocycles. The van der Waals surface area contributed by atoms with Gasteiger partial charge >= 0.3 is 0 Å². The minimum Gasteiger partial charge on any atom is -0.373 e. The van der Waals surface area contributed by atoms with Crippen molar-refractivity contribution in [2.45, 2.75) is 47.1 Å². The van der Waals surface area contributed by atoms with Crippen LogP contribution in [0.5, 0.6) is 0 Å². The van der Waals surface area contributed by atoms with Crippen molar-refractivity contribution in [2.24, 2.45) is 17.2 Å². The molecule has 0 aliphatic heterocycles. The Morgan fingerprint density at radius 1 is 1.32 bits per heavy atom. The molecule has 0 fully saturated rings. The average molecular weight is 266 g/mol. The fourth-order valence-electron chi connectivity index (χ4n) is 2.08. The molecule has 1 aromatic rings. The molecule has 0 aromatic carbocycles. The Morgan fingerprint density at radius 2 is 1.95 bits per heavy atom. The first-order chi connectivity index (χ1) is 8.77. The number of nitrogens with zero attached hydrogens (tertiary/aromatic N) is 2. The molecule has 0 saturated carbocycles. The standard InChI is InChI=1S/C14H26N4O/c1-9(2)7-10-8-11(18-15)17-13(16-10)12(19-6)14(3,4)5/h8-9,12H,7,15H2,1-6H3,(H,16,17,18). The molecular weight excluding hydrogens is 240 g/mol. The van der Waals surface area contributed by atoms with Crippen LogP contribution in [0.1, 0.15) is 52.2 Å². The van der Waals surface area contributed by atoms with Crippen molar-refractivity contribution in [2.75, 3.05) is 12.5 Å². The second kappa shape index (κ2) is 6.30. The van der Waals surface area contributed by atoms with E-state index in [-0.39, 0.29) is 11.5 Å². The number of methoxy groups -OCH3 is 1. The molecule has 0 radical (unpaired) electrons. The summed E-state index contributed by atoms with van der Waals surface area (Å²) in [6.45, 7) is 10.6. The first kappa shape index (κ1) is 15.9. The number of hydrazine groups is 1.